The smallest absolute Gasteiger partial charge is 0.399 e. The van der Waals surface area contributed by atoms with Crippen LogP contribution in [0.3, 0.4) is 0 Å². The van der Waals surface area contributed by atoms with Gasteiger partial charge in [-0.05, 0) is 68.6 Å². The van der Waals surface area contributed by atoms with Gasteiger partial charge in [0.2, 0.25) is 0 Å². The summed E-state index contributed by atoms with van der Waals surface area (Å²) in [5, 5.41) is 2.66. The third kappa shape index (κ3) is 5.38. The number of carbonyl (C=O) groups is 1. The Morgan fingerprint density at radius 1 is 0.882 bits per heavy atom. The molecule has 34 heavy (non-hydrogen) atoms. The summed E-state index contributed by atoms with van der Waals surface area (Å²) in [5.41, 5.74) is 2.16. The molecule has 1 saturated heterocycles. The second-order valence-electron chi connectivity index (χ2n) is 9.46. The molecule has 1 heterocycles. The van der Waals surface area contributed by atoms with Gasteiger partial charge in [-0.2, -0.15) is 0 Å². The first-order valence-electron chi connectivity index (χ1n) is 11.3. The molecule has 176 valence electrons. The second kappa shape index (κ2) is 9.70. The fourth-order valence-corrected chi connectivity index (χ4v) is 3.57. The number of hydrogen-bond acceptors (Lipinski definition) is 4. The zero-order chi connectivity index (χ0) is 24.3. The van der Waals surface area contributed by atoms with E-state index >= 15 is 0 Å². The van der Waals surface area contributed by atoms with Crippen LogP contribution in [0.15, 0.2) is 72.8 Å². The number of carbonyl (C=O) groups excluding carboxylic acids is 1. The summed E-state index contributed by atoms with van der Waals surface area (Å²) < 4.78 is 32.3. The highest BCUT2D eigenvalue weighted by molar-refractivity contribution is 6.62. The van der Waals surface area contributed by atoms with Gasteiger partial charge in [-0.1, -0.05) is 48.5 Å². The number of anilines is 1. The fraction of sp³-hybridized carbons (Fsp3) is 0.296. The standard InChI is InChI=1S/C27H29BFNO4/c1-26(2)27(3,4)34-28(33-26)22-14-15-23(29)24(16-22)30-25(31)21-12-10-20(11-13-21)18-32-17-19-8-6-5-7-9-19/h5-16H,17-18H2,1-4H3,(H,30,31). The molecule has 0 aliphatic carbocycles. The van der Waals surface area contributed by atoms with Crippen LogP contribution in [0.5, 0.6) is 0 Å². The number of benzene rings is 3. The molecule has 4 rings (SSSR count). The molecule has 1 N–H and O–H groups in total. The monoisotopic (exact) mass is 461 g/mol. The van der Waals surface area contributed by atoms with E-state index < -0.39 is 30.0 Å². The van der Waals surface area contributed by atoms with Crippen LogP contribution in [-0.2, 0) is 27.3 Å². The van der Waals surface area contributed by atoms with E-state index in [9.17, 15) is 9.18 Å². The summed E-state index contributed by atoms with van der Waals surface area (Å²) in [6.45, 7) is 8.76. The van der Waals surface area contributed by atoms with Gasteiger partial charge in [-0.15, -0.1) is 0 Å². The first kappa shape index (κ1) is 24.1. The maximum absolute atomic E-state index is 14.5. The van der Waals surface area contributed by atoms with Crippen molar-refractivity contribution in [3.63, 3.8) is 0 Å². The van der Waals surface area contributed by atoms with Crippen molar-refractivity contribution in [2.24, 2.45) is 0 Å². The maximum Gasteiger partial charge on any atom is 0.494 e. The van der Waals surface area contributed by atoms with Gasteiger partial charge in [0, 0.05) is 5.56 Å². The summed E-state index contributed by atoms with van der Waals surface area (Å²) in [4.78, 5) is 12.7. The lowest BCUT2D eigenvalue weighted by Crippen LogP contribution is -2.41. The quantitative estimate of drug-likeness (QED) is 0.498. The maximum atomic E-state index is 14.5. The Labute approximate surface area is 200 Å². The molecule has 1 amide bonds. The zero-order valence-electron chi connectivity index (χ0n) is 19.9. The predicted octanol–water partition coefficient (Wildman–Crippen LogP) is 5.09. The SMILES string of the molecule is CC1(C)OB(c2ccc(F)c(NC(=O)c3ccc(COCc4ccccc4)cc3)c2)OC1(C)C. The summed E-state index contributed by atoms with van der Waals surface area (Å²) in [6.07, 6.45) is 0. The molecule has 3 aromatic carbocycles. The number of ether oxygens (including phenoxy) is 1. The number of amides is 1. The lowest BCUT2D eigenvalue weighted by atomic mass is 9.79. The summed E-state index contributed by atoms with van der Waals surface area (Å²) >= 11 is 0. The minimum atomic E-state index is -0.642. The van der Waals surface area contributed by atoms with Crippen LogP contribution in [0, 0.1) is 5.82 Å². The third-order valence-corrected chi connectivity index (χ3v) is 6.36. The van der Waals surface area contributed by atoms with Gasteiger partial charge in [0.05, 0.1) is 30.1 Å². The summed E-state index contributed by atoms with van der Waals surface area (Å²) in [5.74, 6) is -0.929. The molecule has 0 radical (unpaired) electrons. The van der Waals surface area contributed by atoms with E-state index in [1.807, 2.05) is 70.2 Å². The molecule has 0 aromatic heterocycles. The second-order valence-corrected chi connectivity index (χ2v) is 9.46. The molecule has 1 aliphatic rings. The van der Waals surface area contributed by atoms with Crippen LogP contribution < -0.4 is 10.8 Å². The Bertz CT molecular complexity index is 1130. The molecule has 0 unspecified atom stereocenters. The highest BCUT2D eigenvalue weighted by Gasteiger charge is 2.51. The molecule has 0 spiro atoms. The van der Waals surface area contributed by atoms with Gasteiger partial charge in [0.1, 0.15) is 5.82 Å². The molecule has 0 atom stereocenters. The van der Waals surface area contributed by atoms with E-state index in [1.54, 1.807) is 24.3 Å². The van der Waals surface area contributed by atoms with Crippen LogP contribution in [0.25, 0.3) is 0 Å². The number of hydrogen-bond donors (Lipinski definition) is 1. The van der Waals surface area contributed by atoms with Crippen molar-refractivity contribution in [1.82, 2.24) is 0 Å². The minimum absolute atomic E-state index is 0.0764. The topological polar surface area (TPSA) is 56.8 Å². The van der Waals surface area contributed by atoms with Crippen LogP contribution in [-0.4, -0.2) is 24.2 Å². The van der Waals surface area contributed by atoms with Crippen LogP contribution in [0.1, 0.15) is 49.2 Å². The number of nitrogens with one attached hydrogen (secondary N) is 1. The Morgan fingerprint density at radius 2 is 1.47 bits per heavy atom. The van der Waals surface area contributed by atoms with E-state index in [2.05, 4.69) is 5.32 Å². The van der Waals surface area contributed by atoms with Crippen molar-refractivity contribution in [1.29, 1.82) is 0 Å². The summed E-state index contributed by atoms with van der Waals surface area (Å²) in [7, 11) is -0.642. The van der Waals surface area contributed by atoms with Crippen LogP contribution >= 0.6 is 0 Å². The number of rotatable bonds is 7. The van der Waals surface area contributed by atoms with Gasteiger partial charge < -0.3 is 19.4 Å². The molecular formula is C27H29BFNO4. The Kier molecular flexibility index (Phi) is 6.89. The highest BCUT2D eigenvalue weighted by atomic mass is 19.1. The van der Waals surface area contributed by atoms with E-state index in [4.69, 9.17) is 14.0 Å². The van der Waals surface area contributed by atoms with E-state index in [0.29, 0.717) is 24.2 Å². The molecule has 3 aromatic rings. The molecule has 1 aliphatic heterocycles. The Morgan fingerprint density at radius 3 is 2.09 bits per heavy atom. The predicted molar refractivity (Wildman–Crippen MR) is 131 cm³/mol. The molecular weight excluding hydrogens is 432 g/mol. The van der Waals surface area contributed by atoms with E-state index in [-0.39, 0.29) is 5.69 Å². The van der Waals surface area contributed by atoms with Gasteiger partial charge in [-0.25, -0.2) is 4.39 Å². The average Bonchev–Trinajstić information content (AvgIpc) is 3.03. The lowest BCUT2D eigenvalue weighted by molar-refractivity contribution is 0.00578. The van der Waals surface area contributed by atoms with Gasteiger partial charge >= 0.3 is 7.12 Å². The molecule has 0 saturated carbocycles. The summed E-state index contributed by atoms with van der Waals surface area (Å²) in [6, 6.07) is 21.5. The van der Waals surface area contributed by atoms with Gasteiger partial charge in [0.25, 0.3) is 5.91 Å². The highest BCUT2D eigenvalue weighted by Crippen LogP contribution is 2.36. The first-order valence-corrected chi connectivity index (χ1v) is 11.3. The molecule has 5 nitrogen and oxygen atoms in total. The third-order valence-electron chi connectivity index (χ3n) is 6.36. The van der Waals surface area contributed by atoms with Crippen molar-refractivity contribution < 1.29 is 23.2 Å². The first-order chi connectivity index (χ1) is 16.1. The Hall–Kier alpha value is -3.00. The van der Waals surface area contributed by atoms with Crippen molar-refractivity contribution in [2.45, 2.75) is 52.1 Å². The van der Waals surface area contributed by atoms with Crippen molar-refractivity contribution in [3.8, 4) is 0 Å². The molecule has 0 bridgehead atoms. The molecule has 1 fully saturated rings. The fourth-order valence-electron chi connectivity index (χ4n) is 3.57. The van der Waals surface area contributed by atoms with Crippen LogP contribution in [0.2, 0.25) is 0 Å². The zero-order valence-corrected chi connectivity index (χ0v) is 19.9. The minimum Gasteiger partial charge on any atom is -0.399 e. The van der Waals surface area contributed by atoms with Gasteiger partial charge in [-0.3, -0.25) is 4.79 Å². The van der Waals surface area contributed by atoms with E-state index in [1.165, 1.54) is 6.07 Å². The van der Waals surface area contributed by atoms with Crippen molar-refractivity contribution >= 4 is 24.2 Å². The normalized spacial score (nSPS) is 16.4. The lowest BCUT2D eigenvalue weighted by Gasteiger charge is -2.32. The van der Waals surface area contributed by atoms with Gasteiger partial charge in [0.15, 0.2) is 0 Å². The van der Waals surface area contributed by atoms with Crippen molar-refractivity contribution in [2.75, 3.05) is 5.32 Å². The van der Waals surface area contributed by atoms with Crippen molar-refractivity contribution in [3.05, 3.63) is 95.3 Å². The Balaban J connectivity index is 1.38. The average molecular weight is 461 g/mol. The van der Waals surface area contributed by atoms with Crippen LogP contribution in [0.4, 0.5) is 10.1 Å². The number of halogens is 1. The molecule has 7 heteroatoms. The van der Waals surface area contributed by atoms with E-state index in [0.717, 1.165) is 11.1 Å². The largest absolute Gasteiger partial charge is 0.494 e.